The number of rotatable bonds is 3. The topological polar surface area (TPSA) is 47.6 Å². The van der Waals surface area contributed by atoms with Gasteiger partial charge in [0.2, 0.25) is 0 Å². The van der Waals surface area contributed by atoms with Crippen LogP contribution in [0.2, 0.25) is 0 Å². The van der Waals surface area contributed by atoms with Gasteiger partial charge in [-0.05, 0) is 13.8 Å². The van der Waals surface area contributed by atoms with Crippen LogP contribution in [0.5, 0.6) is 0 Å². The van der Waals surface area contributed by atoms with Crippen molar-refractivity contribution in [1.29, 1.82) is 0 Å². The molecule has 1 rings (SSSR count). The number of nitrogens with one attached hydrogen (secondary N) is 1. The summed E-state index contributed by atoms with van der Waals surface area (Å²) in [5, 5.41) is 2.72. The summed E-state index contributed by atoms with van der Waals surface area (Å²) in [4.78, 5) is 11.1. The molecule has 0 radical (unpaired) electrons. The van der Waals surface area contributed by atoms with Crippen LogP contribution in [0.3, 0.4) is 0 Å². The van der Waals surface area contributed by atoms with Gasteiger partial charge in [-0.15, -0.1) is 0 Å². The molecule has 1 saturated heterocycles. The van der Waals surface area contributed by atoms with Gasteiger partial charge < -0.3 is 14.8 Å². The zero-order valence-electron chi connectivity index (χ0n) is 8.42. The lowest BCUT2D eigenvalue weighted by Crippen LogP contribution is -2.48. The van der Waals surface area contributed by atoms with Gasteiger partial charge in [0, 0.05) is 12.0 Å². The van der Waals surface area contributed by atoms with Gasteiger partial charge in [-0.25, -0.2) is 4.79 Å². The van der Waals surface area contributed by atoms with Gasteiger partial charge in [0.15, 0.2) is 0 Å². The van der Waals surface area contributed by atoms with Crippen LogP contribution in [-0.2, 0) is 9.47 Å². The summed E-state index contributed by atoms with van der Waals surface area (Å²) in [6.45, 7) is 7.79. The van der Waals surface area contributed by atoms with Crippen molar-refractivity contribution >= 4 is 6.09 Å². The summed E-state index contributed by atoms with van der Waals surface area (Å²) >= 11 is 0. The third-order valence-electron chi connectivity index (χ3n) is 1.90. The maximum atomic E-state index is 11.1. The molecular formula is C9H17NO3. The molecule has 0 spiro atoms. The van der Waals surface area contributed by atoms with Gasteiger partial charge in [0.05, 0.1) is 19.3 Å². The second-order valence-corrected chi connectivity index (χ2v) is 4.11. The summed E-state index contributed by atoms with van der Waals surface area (Å²) in [6, 6.07) is 0. The molecular weight excluding hydrogens is 170 g/mol. The largest absolute Gasteiger partial charge is 0.447 e. The van der Waals surface area contributed by atoms with Crippen molar-refractivity contribution in [3.05, 3.63) is 0 Å². The lowest BCUT2D eigenvalue weighted by molar-refractivity contribution is -0.0984. The average molecular weight is 187 g/mol. The van der Waals surface area contributed by atoms with Crippen LogP contribution in [0.25, 0.3) is 0 Å². The van der Waals surface area contributed by atoms with E-state index < -0.39 is 0 Å². The number of hydrogen-bond donors (Lipinski definition) is 1. The first-order valence-electron chi connectivity index (χ1n) is 4.54. The molecule has 1 amide bonds. The molecule has 0 bridgehead atoms. The first-order valence-corrected chi connectivity index (χ1v) is 4.54. The summed E-state index contributed by atoms with van der Waals surface area (Å²) in [7, 11) is 0. The number of alkyl carbamates (subject to hydrolysis) is 1. The zero-order valence-corrected chi connectivity index (χ0v) is 8.42. The van der Waals surface area contributed by atoms with Crippen LogP contribution >= 0.6 is 0 Å². The maximum absolute atomic E-state index is 11.1. The second kappa shape index (κ2) is 3.96. The molecule has 0 saturated carbocycles. The first-order chi connectivity index (χ1) is 6.02. The minimum Gasteiger partial charge on any atom is -0.447 e. The molecule has 1 N–H and O–H groups in total. The van der Waals surface area contributed by atoms with Gasteiger partial charge in [-0.3, -0.25) is 0 Å². The van der Waals surface area contributed by atoms with Crippen LogP contribution in [0, 0.1) is 5.41 Å². The smallest absolute Gasteiger partial charge is 0.407 e. The summed E-state index contributed by atoms with van der Waals surface area (Å²) < 4.78 is 9.98. The summed E-state index contributed by atoms with van der Waals surface area (Å²) in [5.74, 6) is 0. The SMILES string of the molecule is CC(C)OC(=O)NCC1(C)COC1. The van der Waals surface area contributed by atoms with Gasteiger partial charge in [0.1, 0.15) is 0 Å². The van der Waals surface area contributed by atoms with Crippen molar-refractivity contribution in [1.82, 2.24) is 5.32 Å². The lowest BCUT2D eigenvalue weighted by Gasteiger charge is -2.37. The molecule has 4 heteroatoms. The highest BCUT2D eigenvalue weighted by atomic mass is 16.6. The van der Waals surface area contributed by atoms with Crippen molar-refractivity contribution in [2.75, 3.05) is 19.8 Å². The molecule has 76 valence electrons. The molecule has 0 atom stereocenters. The summed E-state index contributed by atoms with van der Waals surface area (Å²) in [5.41, 5.74) is 0.107. The Hall–Kier alpha value is -0.770. The number of hydrogen-bond acceptors (Lipinski definition) is 3. The molecule has 0 aromatic heterocycles. The zero-order chi connectivity index (χ0) is 9.90. The molecule has 1 aliphatic heterocycles. The van der Waals surface area contributed by atoms with Gasteiger partial charge in [-0.1, -0.05) is 6.92 Å². The van der Waals surface area contributed by atoms with E-state index in [9.17, 15) is 4.79 Å². The Morgan fingerprint density at radius 2 is 2.23 bits per heavy atom. The van der Waals surface area contributed by atoms with Crippen LogP contribution in [-0.4, -0.2) is 32.0 Å². The maximum Gasteiger partial charge on any atom is 0.407 e. The van der Waals surface area contributed by atoms with Crippen molar-refractivity contribution in [3.63, 3.8) is 0 Å². The van der Waals surface area contributed by atoms with Crippen LogP contribution in [0.15, 0.2) is 0 Å². The molecule has 1 heterocycles. The van der Waals surface area contributed by atoms with E-state index in [1.54, 1.807) is 0 Å². The Morgan fingerprint density at radius 3 is 2.62 bits per heavy atom. The van der Waals surface area contributed by atoms with Gasteiger partial charge in [0.25, 0.3) is 0 Å². The Kier molecular flexibility index (Phi) is 3.14. The quantitative estimate of drug-likeness (QED) is 0.721. The molecule has 0 aliphatic carbocycles. The third-order valence-corrected chi connectivity index (χ3v) is 1.90. The predicted molar refractivity (Wildman–Crippen MR) is 48.5 cm³/mol. The number of carbonyl (C=O) groups excluding carboxylic acids is 1. The van der Waals surface area contributed by atoms with Gasteiger partial charge >= 0.3 is 6.09 Å². The summed E-state index contributed by atoms with van der Waals surface area (Å²) in [6.07, 6.45) is -0.409. The third kappa shape index (κ3) is 3.22. The average Bonchev–Trinajstić information content (AvgIpc) is 1.96. The van der Waals surface area contributed by atoms with E-state index in [2.05, 4.69) is 12.2 Å². The molecule has 13 heavy (non-hydrogen) atoms. The number of carbonyl (C=O) groups is 1. The first kappa shape index (κ1) is 10.3. The Balaban J connectivity index is 2.14. The lowest BCUT2D eigenvalue weighted by atomic mass is 9.89. The van der Waals surface area contributed by atoms with E-state index in [4.69, 9.17) is 9.47 Å². The van der Waals surface area contributed by atoms with Crippen molar-refractivity contribution in [2.45, 2.75) is 26.9 Å². The molecule has 1 fully saturated rings. The normalized spacial score (nSPS) is 19.4. The van der Waals surface area contributed by atoms with E-state index in [0.717, 1.165) is 13.2 Å². The molecule has 0 aromatic rings. The van der Waals surface area contributed by atoms with E-state index in [1.165, 1.54) is 0 Å². The second-order valence-electron chi connectivity index (χ2n) is 4.11. The Labute approximate surface area is 78.6 Å². The minimum absolute atomic E-state index is 0.0644. The number of ether oxygens (including phenoxy) is 2. The molecule has 0 unspecified atom stereocenters. The highest BCUT2D eigenvalue weighted by molar-refractivity contribution is 5.67. The standard InChI is InChI=1S/C9H17NO3/c1-7(2)13-8(11)10-4-9(3)5-12-6-9/h7H,4-6H2,1-3H3,(H,10,11). The molecule has 0 aromatic carbocycles. The van der Waals surface area contributed by atoms with Crippen LogP contribution < -0.4 is 5.32 Å². The van der Waals surface area contributed by atoms with E-state index in [-0.39, 0.29) is 17.6 Å². The fourth-order valence-corrected chi connectivity index (χ4v) is 1.09. The predicted octanol–water partition coefficient (Wildman–Crippen LogP) is 1.16. The van der Waals surface area contributed by atoms with Gasteiger partial charge in [-0.2, -0.15) is 0 Å². The van der Waals surface area contributed by atoms with Crippen LogP contribution in [0.4, 0.5) is 4.79 Å². The molecule has 4 nitrogen and oxygen atoms in total. The fraction of sp³-hybridized carbons (Fsp3) is 0.889. The monoisotopic (exact) mass is 187 g/mol. The Morgan fingerprint density at radius 1 is 1.62 bits per heavy atom. The van der Waals surface area contributed by atoms with E-state index >= 15 is 0 Å². The fourth-order valence-electron chi connectivity index (χ4n) is 1.09. The van der Waals surface area contributed by atoms with Crippen LogP contribution in [0.1, 0.15) is 20.8 Å². The van der Waals surface area contributed by atoms with Crippen molar-refractivity contribution in [2.24, 2.45) is 5.41 Å². The highest BCUT2D eigenvalue weighted by Gasteiger charge is 2.33. The molecule has 1 aliphatic rings. The Bertz CT molecular complexity index is 187. The van der Waals surface area contributed by atoms with E-state index in [0.29, 0.717) is 6.54 Å². The minimum atomic E-state index is -0.344. The highest BCUT2D eigenvalue weighted by Crippen LogP contribution is 2.24. The van der Waals surface area contributed by atoms with Crippen molar-refractivity contribution in [3.8, 4) is 0 Å². The van der Waals surface area contributed by atoms with E-state index in [1.807, 2.05) is 13.8 Å². The van der Waals surface area contributed by atoms with Crippen molar-refractivity contribution < 1.29 is 14.3 Å². The number of amides is 1.